The summed E-state index contributed by atoms with van der Waals surface area (Å²) in [5.74, 6) is 1.54. The van der Waals surface area contributed by atoms with Gasteiger partial charge in [-0.15, -0.1) is 0 Å². The number of H-pyrrole nitrogens is 1. The molecule has 0 saturated carbocycles. The molecule has 0 radical (unpaired) electrons. The third-order valence-electron chi connectivity index (χ3n) is 3.68. The molecule has 0 aliphatic carbocycles. The maximum absolute atomic E-state index is 11.2. The predicted octanol–water partition coefficient (Wildman–Crippen LogP) is 2.51. The lowest BCUT2D eigenvalue weighted by atomic mass is 10.2. The van der Waals surface area contributed by atoms with E-state index >= 15 is 0 Å². The normalized spacial score (nSPS) is 10.7. The highest BCUT2D eigenvalue weighted by Crippen LogP contribution is 2.28. The Labute approximate surface area is 155 Å². The van der Waals surface area contributed by atoms with E-state index in [-0.39, 0.29) is 0 Å². The van der Waals surface area contributed by atoms with Gasteiger partial charge in [-0.3, -0.25) is 5.43 Å². The zero-order valence-corrected chi connectivity index (χ0v) is 15.0. The van der Waals surface area contributed by atoms with Crippen LogP contribution in [0.3, 0.4) is 0 Å². The van der Waals surface area contributed by atoms with Crippen LogP contribution in [-0.2, 0) is 6.61 Å². The number of aromatic amines is 1. The maximum atomic E-state index is 11.2. The topological polar surface area (TPSA) is 101 Å². The van der Waals surface area contributed by atoms with E-state index in [1.807, 2.05) is 48.5 Å². The van der Waals surface area contributed by atoms with Crippen molar-refractivity contribution in [1.29, 1.82) is 0 Å². The van der Waals surface area contributed by atoms with Gasteiger partial charge in [0.25, 0.3) is 0 Å². The van der Waals surface area contributed by atoms with Crippen molar-refractivity contribution in [2.24, 2.45) is 5.10 Å². The molecule has 27 heavy (non-hydrogen) atoms. The van der Waals surface area contributed by atoms with E-state index in [4.69, 9.17) is 9.47 Å². The number of hydrazone groups is 1. The molecule has 0 amide bonds. The molecule has 0 atom stereocenters. The summed E-state index contributed by atoms with van der Waals surface area (Å²) in [6, 6.07) is 15.4. The molecule has 3 rings (SSSR count). The van der Waals surface area contributed by atoms with E-state index < -0.39 is 5.69 Å². The highest BCUT2D eigenvalue weighted by atomic mass is 16.5. The monoisotopic (exact) mass is 365 g/mol. The van der Waals surface area contributed by atoms with Gasteiger partial charge in [-0.25, -0.2) is 9.89 Å². The van der Waals surface area contributed by atoms with Crippen molar-refractivity contribution >= 4 is 12.0 Å². The second kappa shape index (κ2) is 8.61. The fraction of sp³-hybridized carbons (Fsp3) is 0.158. The molecule has 0 saturated heterocycles. The van der Waals surface area contributed by atoms with Gasteiger partial charge < -0.3 is 9.47 Å². The van der Waals surface area contributed by atoms with Crippen LogP contribution >= 0.6 is 0 Å². The second-order valence-electron chi connectivity index (χ2n) is 5.63. The lowest BCUT2D eigenvalue weighted by Gasteiger charge is -2.11. The Bertz CT molecular complexity index is 986. The first kappa shape index (κ1) is 18.1. The number of nitrogens with zero attached hydrogens (tertiary/aromatic N) is 3. The highest BCUT2D eigenvalue weighted by Gasteiger charge is 2.06. The lowest BCUT2D eigenvalue weighted by Crippen LogP contribution is -2.15. The number of aryl methyl sites for hydroxylation is 1. The summed E-state index contributed by atoms with van der Waals surface area (Å²) in [7, 11) is 1.58. The average Bonchev–Trinajstić information content (AvgIpc) is 2.70. The molecule has 3 aromatic rings. The molecule has 1 heterocycles. The van der Waals surface area contributed by atoms with Crippen LogP contribution in [-0.4, -0.2) is 28.5 Å². The van der Waals surface area contributed by atoms with Crippen LogP contribution in [0.2, 0.25) is 0 Å². The van der Waals surface area contributed by atoms with Crippen LogP contribution in [0.5, 0.6) is 11.5 Å². The molecule has 0 spiro atoms. The van der Waals surface area contributed by atoms with Crippen LogP contribution in [0, 0.1) is 6.92 Å². The molecule has 2 N–H and O–H groups in total. The van der Waals surface area contributed by atoms with Crippen LogP contribution in [0.1, 0.15) is 16.8 Å². The SMILES string of the molecule is COc1cc(C=NNc2nc(=O)[nH]nc2C)ccc1OCc1ccccc1. The molecular formula is C19H19N5O3. The molecule has 0 aliphatic heterocycles. The standard InChI is InChI=1S/C19H19N5O3/c1-13-18(21-19(25)24-22-13)23-20-11-15-8-9-16(17(10-15)26-2)27-12-14-6-4-3-5-7-14/h3-11H,12H2,1-2H3,(H2,21,23,24,25). The van der Waals surface area contributed by atoms with Crippen molar-refractivity contribution in [1.82, 2.24) is 15.2 Å². The molecule has 8 nitrogen and oxygen atoms in total. The Morgan fingerprint density at radius 1 is 1.19 bits per heavy atom. The molecule has 0 aliphatic rings. The molecule has 0 fully saturated rings. The van der Waals surface area contributed by atoms with Crippen molar-refractivity contribution in [2.45, 2.75) is 13.5 Å². The number of hydrogen-bond donors (Lipinski definition) is 2. The van der Waals surface area contributed by atoms with Gasteiger partial charge in [-0.1, -0.05) is 30.3 Å². The van der Waals surface area contributed by atoms with Crippen molar-refractivity contribution in [3.05, 3.63) is 75.8 Å². The Kier molecular flexibility index (Phi) is 5.78. The van der Waals surface area contributed by atoms with Gasteiger partial charge in [-0.05, 0) is 36.2 Å². The van der Waals surface area contributed by atoms with E-state index in [0.717, 1.165) is 11.1 Å². The third kappa shape index (κ3) is 4.91. The van der Waals surface area contributed by atoms with E-state index in [0.29, 0.717) is 29.6 Å². The first-order valence-electron chi connectivity index (χ1n) is 8.23. The van der Waals surface area contributed by atoms with Gasteiger partial charge in [0.1, 0.15) is 12.3 Å². The number of hydrogen-bond acceptors (Lipinski definition) is 7. The number of anilines is 1. The molecule has 0 unspecified atom stereocenters. The Balaban J connectivity index is 1.68. The van der Waals surface area contributed by atoms with Crippen LogP contribution in [0.15, 0.2) is 58.4 Å². The van der Waals surface area contributed by atoms with Crippen molar-refractivity contribution < 1.29 is 9.47 Å². The number of benzene rings is 2. The van der Waals surface area contributed by atoms with E-state index in [1.165, 1.54) is 0 Å². The smallest absolute Gasteiger partial charge is 0.363 e. The van der Waals surface area contributed by atoms with Gasteiger partial charge in [0.2, 0.25) is 0 Å². The van der Waals surface area contributed by atoms with Gasteiger partial charge >= 0.3 is 5.69 Å². The number of methoxy groups -OCH3 is 1. The predicted molar refractivity (Wildman–Crippen MR) is 102 cm³/mol. The molecule has 138 valence electrons. The van der Waals surface area contributed by atoms with Gasteiger partial charge in [0.05, 0.1) is 13.3 Å². The number of nitrogens with one attached hydrogen (secondary N) is 2. The Morgan fingerprint density at radius 2 is 2.00 bits per heavy atom. The summed E-state index contributed by atoms with van der Waals surface area (Å²) >= 11 is 0. The molecule has 8 heteroatoms. The summed E-state index contributed by atoms with van der Waals surface area (Å²) in [5, 5.41) is 10.2. The number of ether oxygens (including phenoxy) is 2. The minimum Gasteiger partial charge on any atom is -0.493 e. The lowest BCUT2D eigenvalue weighted by molar-refractivity contribution is 0.284. The first-order valence-corrected chi connectivity index (χ1v) is 8.23. The molecule has 0 bridgehead atoms. The van der Waals surface area contributed by atoms with Gasteiger partial charge in [0, 0.05) is 0 Å². The highest BCUT2D eigenvalue weighted by molar-refractivity contribution is 5.81. The first-order chi connectivity index (χ1) is 13.2. The largest absolute Gasteiger partial charge is 0.493 e. The van der Waals surface area contributed by atoms with Crippen LogP contribution < -0.4 is 20.6 Å². The minimum absolute atomic E-state index is 0.296. The summed E-state index contributed by atoms with van der Waals surface area (Å²) < 4.78 is 11.2. The Hall–Kier alpha value is -3.68. The van der Waals surface area contributed by atoms with Gasteiger partial charge in [0.15, 0.2) is 17.3 Å². The minimum atomic E-state index is -0.542. The fourth-order valence-electron chi connectivity index (χ4n) is 2.28. The molecule has 1 aromatic heterocycles. The number of rotatable bonds is 7. The molecular weight excluding hydrogens is 346 g/mol. The zero-order valence-electron chi connectivity index (χ0n) is 15.0. The van der Waals surface area contributed by atoms with E-state index in [1.54, 1.807) is 20.2 Å². The molecule has 2 aromatic carbocycles. The van der Waals surface area contributed by atoms with Crippen molar-refractivity contribution in [3.63, 3.8) is 0 Å². The average molecular weight is 365 g/mol. The van der Waals surface area contributed by atoms with Crippen LogP contribution in [0.25, 0.3) is 0 Å². The summed E-state index contributed by atoms with van der Waals surface area (Å²) in [6.07, 6.45) is 1.59. The van der Waals surface area contributed by atoms with Crippen LogP contribution in [0.4, 0.5) is 5.82 Å². The summed E-state index contributed by atoms with van der Waals surface area (Å²) in [6.45, 7) is 2.16. The van der Waals surface area contributed by atoms with Crippen molar-refractivity contribution in [3.8, 4) is 11.5 Å². The quantitative estimate of drug-likeness (QED) is 0.493. The maximum Gasteiger partial charge on any atom is 0.363 e. The summed E-state index contributed by atoms with van der Waals surface area (Å²) in [5.41, 5.74) is 4.57. The second-order valence-corrected chi connectivity index (χ2v) is 5.63. The van der Waals surface area contributed by atoms with Gasteiger partial charge in [-0.2, -0.15) is 15.2 Å². The van der Waals surface area contributed by atoms with E-state index in [9.17, 15) is 4.79 Å². The Morgan fingerprint density at radius 3 is 2.78 bits per heavy atom. The van der Waals surface area contributed by atoms with Crippen molar-refractivity contribution in [2.75, 3.05) is 12.5 Å². The summed E-state index contributed by atoms with van der Waals surface area (Å²) in [4.78, 5) is 15.0. The third-order valence-corrected chi connectivity index (χ3v) is 3.68. The number of aromatic nitrogens is 3. The van der Waals surface area contributed by atoms with E-state index in [2.05, 4.69) is 25.7 Å². The zero-order chi connectivity index (χ0) is 19.1. The fourth-order valence-corrected chi connectivity index (χ4v) is 2.28.